The van der Waals surface area contributed by atoms with Crippen molar-refractivity contribution in [2.75, 3.05) is 7.11 Å². The molecule has 1 N–H and O–H groups in total. The zero-order valence-electron chi connectivity index (χ0n) is 14.0. The van der Waals surface area contributed by atoms with Crippen molar-refractivity contribution in [3.8, 4) is 5.75 Å². The lowest BCUT2D eigenvalue weighted by Crippen LogP contribution is -2.53. The molecule has 0 aliphatic carbocycles. The molecule has 0 unspecified atom stereocenters. The molecular weight excluding hydrogens is 336 g/mol. The molecule has 1 aromatic carbocycles. The van der Waals surface area contributed by atoms with Gasteiger partial charge < -0.3 is 9.15 Å². The average molecular weight is 352 g/mol. The van der Waals surface area contributed by atoms with E-state index in [0.717, 1.165) is 16.2 Å². The number of allylic oxidation sites excluding steroid dienone is 2. The summed E-state index contributed by atoms with van der Waals surface area (Å²) in [7, 11) is 1.58. The molecule has 1 saturated heterocycles. The monoisotopic (exact) mass is 352 g/mol. The second-order valence-corrected chi connectivity index (χ2v) is 5.44. The number of nitrogens with zero attached hydrogens (tertiary/aromatic N) is 1. The smallest absolute Gasteiger partial charge is 0.331 e. The fourth-order valence-corrected chi connectivity index (χ4v) is 2.39. The van der Waals surface area contributed by atoms with E-state index in [4.69, 9.17) is 9.15 Å². The maximum absolute atomic E-state index is 12.5. The van der Waals surface area contributed by atoms with E-state index >= 15 is 0 Å². The Bertz CT molecular complexity index is 879. The highest BCUT2D eigenvalue weighted by Crippen LogP contribution is 2.16. The van der Waals surface area contributed by atoms with Crippen LogP contribution in [0.4, 0.5) is 4.79 Å². The Kier molecular flexibility index (Phi) is 4.98. The van der Waals surface area contributed by atoms with Crippen molar-refractivity contribution in [3.63, 3.8) is 0 Å². The van der Waals surface area contributed by atoms with E-state index in [1.807, 2.05) is 12.1 Å². The molecule has 1 aromatic heterocycles. The molecule has 7 heteroatoms. The van der Waals surface area contributed by atoms with Gasteiger partial charge in [0.2, 0.25) is 0 Å². The minimum Gasteiger partial charge on any atom is -0.497 e. The highest BCUT2D eigenvalue weighted by Gasteiger charge is 2.35. The standard InChI is InChI=1S/C19H16N2O5/c1-25-14-9-7-13(8-10-14)4-2-6-16-17(22)20-19(24)21(18(16)23)12-15-5-3-11-26-15/h2-11H,12H2,1H3,(H,20,22,24). The van der Waals surface area contributed by atoms with E-state index in [2.05, 4.69) is 5.32 Å². The predicted molar refractivity (Wildman–Crippen MR) is 92.9 cm³/mol. The van der Waals surface area contributed by atoms with Crippen LogP contribution in [0.2, 0.25) is 0 Å². The number of amides is 4. The largest absolute Gasteiger partial charge is 0.497 e. The Labute approximate surface area is 149 Å². The first-order valence-electron chi connectivity index (χ1n) is 7.80. The van der Waals surface area contributed by atoms with Gasteiger partial charge in [-0.2, -0.15) is 0 Å². The van der Waals surface area contributed by atoms with E-state index in [-0.39, 0.29) is 12.1 Å². The number of hydrogen-bond donors (Lipinski definition) is 1. The molecule has 0 bridgehead atoms. The highest BCUT2D eigenvalue weighted by atomic mass is 16.5. The average Bonchev–Trinajstić information content (AvgIpc) is 3.15. The first-order valence-corrected chi connectivity index (χ1v) is 7.80. The predicted octanol–water partition coefficient (Wildman–Crippen LogP) is 2.51. The number of carbonyl (C=O) groups is 3. The fourth-order valence-electron chi connectivity index (χ4n) is 2.39. The van der Waals surface area contributed by atoms with Crippen LogP contribution in [0.3, 0.4) is 0 Å². The molecule has 1 aliphatic heterocycles. The van der Waals surface area contributed by atoms with Crippen LogP contribution in [0.15, 0.2) is 64.8 Å². The number of methoxy groups -OCH3 is 1. The van der Waals surface area contributed by atoms with Crippen molar-refractivity contribution in [1.82, 2.24) is 10.2 Å². The van der Waals surface area contributed by atoms with E-state index < -0.39 is 17.8 Å². The molecule has 1 fully saturated rings. The summed E-state index contributed by atoms with van der Waals surface area (Å²) in [5.74, 6) is -0.227. The maximum Gasteiger partial charge on any atom is 0.331 e. The van der Waals surface area contributed by atoms with Gasteiger partial charge in [-0.3, -0.25) is 19.8 Å². The molecule has 26 heavy (non-hydrogen) atoms. The van der Waals surface area contributed by atoms with Gasteiger partial charge in [-0.25, -0.2) is 4.79 Å². The van der Waals surface area contributed by atoms with Crippen LogP contribution in [0.5, 0.6) is 5.75 Å². The van der Waals surface area contributed by atoms with Crippen LogP contribution in [0.1, 0.15) is 11.3 Å². The Balaban J connectivity index is 1.76. The zero-order valence-corrected chi connectivity index (χ0v) is 14.0. The molecular formula is C19H16N2O5. The number of ether oxygens (including phenoxy) is 1. The number of imide groups is 2. The van der Waals surface area contributed by atoms with Gasteiger partial charge in [-0.1, -0.05) is 24.3 Å². The molecule has 132 valence electrons. The molecule has 0 radical (unpaired) electrons. The quantitative estimate of drug-likeness (QED) is 0.660. The lowest BCUT2D eigenvalue weighted by Gasteiger charge is -2.25. The van der Waals surface area contributed by atoms with Gasteiger partial charge in [0.15, 0.2) is 0 Å². The third-order valence-corrected chi connectivity index (χ3v) is 3.75. The van der Waals surface area contributed by atoms with E-state index in [9.17, 15) is 14.4 Å². The van der Waals surface area contributed by atoms with Crippen LogP contribution in [0.25, 0.3) is 6.08 Å². The first-order chi connectivity index (χ1) is 12.6. The molecule has 1 aliphatic rings. The highest BCUT2D eigenvalue weighted by molar-refractivity contribution is 6.28. The van der Waals surface area contributed by atoms with Crippen LogP contribution in [-0.4, -0.2) is 29.9 Å². The second-order valence-electron chi connectivity index (χ2n) is 5.44. The van der Waals surface area contributed by atoms with Crippen molar-refractivity contribution in [3.05, 3.63) is 71.7 Å². The molecule has 0 atom stereocenters. The van der Waals surface area contributed by atoms with Gasteiger partial charge in [-0.15, -0.1) is 0 Å². The number of urea groups is 1. The maximum atomic E-state index is 12.5. The Morgan fingerprint density at radius 1 is 1.15 bits per heavy atom. The Morgan fingerprint density at radius 3 is 2.58 bits per heavy atom. The minimum atomic E-state index is -0.771. The molecule has 0 saturated carbocycles. The Morgan fingerprint density at radius 2 is 1.92 bits per heavy atom. The summed E-state index contributed by atoms with van der Waals surface area (Å²) >= 11 is 0. The molecule has 2 aromatic rings. The van der Waals surface area contributed by atoms with Crippen LogP contribution < -0.4 is 10.1 Å². The number of carbonyl (C=O) groups excluding carboxylic acids is 3. The summed E-state index contributed by atoms with van der Waals surface area (Å²) in [4.78, 5) is 37.3. The van der Waals surface area contributed by atoms with E-state index in [0.29, 0.717) is 5.76 Å². The molecule has 2 heterocycles. The van der Waals surface area contributed by atoms with Crippen LogP contribution >= 0.6 is 0 Å². The normalized spacial score (nSPS) is 16.4. The van der Waals surface area contributed by atoms with Gasteiger partial charge in [0.1, 0.15) is 17.1 Å². The van der Waals surface area contributed by atoms with Crippen molar-refractivity contribution < 1.29 is 23.5 Å². The summed E-state index contributed by atoms with van der Waals surface area (Å²) in [6, 6.07) is 9.80. The number of nitrogens with one attached hydrogen (secondary N) is 1. The summed E-state index contributed by atoms with van der Waals surface area (Å²) in [6.45, 7) is -0.0511. The lowest BCUT2D eigenvalue weighted by molar-refractivity contribution is -0.130. The van der Waals surface area contributed by atoms with Crippen LogP contribution in [0, 0.1) is 0 Å². The van der Waals surface area contributed by atoms with Crippen molar-refractivity contribution in [2.24, 2.45) is 0 Å². The molecule has 4 amide bonds. The fraction of sp³-hybridized carbons (Fsp3) is 0.105. The SMILES string of the molecule is COc1ccc(C=CC=C2C(=O)NC(=O)N(Cc3ccco3)C2=O)cc1. The first kappa shape index (κ1) is 17.2. The third-order valence-electron chi connectivity index (χ3n) is 3.75. The number of hydrogen-bond acceptors (Lipinski definition) is 5. The van der Waals surface area contributed by atoms with E-state index in [1.54, 1.807) is 43.5 Å². The van der Waals surface area contributed by atoms with Gasteiger partial charge in [0, 0.05) is 0 Å². The van der Waals surface area contributed by atoms with E-state index in [1.165, 1.54) is 12.3 Å². The topological polar surface area (TPSA) is 88.8 Å². The third kappa shape index (κ3) is 3.72. The lowest BCUT2D eigenvalue weighted by atomic mass is 10.1. The summed E-state index contributed by atoms with van der Waals surface area (Å²) in [6.07, 6.45) is 6.14. The van der Waals surface area contributed by atoms with Crippen LogP contribution in [-0.2, 0) is 16.1 Å². The van der Waals surface area contributed by atoms with Gasteiger partial charge in [-0.05, 0) is 35.9 Å². The van der Waals surface area contributed by atoms with Crippen molar-refractivity contribution in [2.45, 2.75) is 6.54 Å². The summed E-state index contributed by atoms with van der Waals surface area (Å²) in [5, 5.41) is 2.15. The minimum absolute atomic E-state index is 0.0511. The van der Waals surface area contributed by atoms with Crippen molar-refractivity contribution in [1.29, 1.82) is 0 Å². The summed E-state index contributed by atoms with van der Waals surface area (Å²) in [5.41, 5.74) is 0.746. The second kappa shape index (κ2) is 7.52. The molecule has 7 nitrogen and oxygen atoms in total. The number of benzene rings is 1. The van der Waals surface area contributed by atoms with Gasteiger partial charge in [0.05, 0.1) is 19.9 Å². The summed E-state index contributed by atoms with van der Waals surface area (Å²) < 4.78 is 10.2. The molecule has 3 rings (SSSR count). The van der Waals surface area contributed by atoms with Gasteiger partial charge >= 0.3 is 6.03 Å². The zero-order chi connectivity index (χ0) is 18.5. The number of barbiturate groups is 1. The number of rotatable bonds is 5. The number of furan rings is 1. The van der Waals surface area contributed by atoms with Crippen molar-refractivity contribution >= 4 is 23.9 Å². The van der Waals surface area contributed by atoms with Gasteiger partial charge in [0.25, 0.3) is 11.8 Å². The Hall–Kier alpha value is -3.61. The molecule has 0 spiro atoms.